The van der Waals surface area contributed by atoms with E-state index in [1.54, 1.807) is 19.2 Å². The lowest BCUT2D eigenvalue weighted by Gasteiger charge is -2.23. The van der Waals surface area contributed by atoms with Crippen LogP contribution in [0.4, 0.5) is 0 Å². The zero-order chi connectivity index (χ0) is 13.8. The van der Waals surface area contributed by atoms with Crippen molar-refractivity contribution in [3.8, 4) is 0 Å². The summed E-state index contributed by atoms with van der Waals surface area (Å²) in [6.07, 6.45) is -0.461. The smallest absolute Gasteiger partial charge is 0.339 e. The van der Waals surface area contributed by atoms with Crippen molar-refractivity contribution in [2.45, 2.75) is 32.0 Å². The Kier molecular flexibility index (Phi) is 4.87. The summed E-state index contributed by atoms with van der Waals surface area (Å²) >= 11 is 0. The molecule has 1 aromatic rings. The van der Waals surface area contributed by atoms with E-state index in [1.807, 2.05) is 26.0 Å². The average molecular weight is 252 g/mol. The predicted octanol–water partition coefficient (Wildman–Crippen LogP) is 1.86. The number of aliphatic hydroxyl groups is 1. The fourth-order valence-electron chi connectivity index (χ4n) is 1.63. The summed E-state index contributed by atoms with van der Waals surface area (Å²) in [6, 6.07) is 7.20. The maximum Gasteiger partial charge on any atom is 0.339 e. The van der Waals surface area contributed by atoms with Crippen molar-refractivity contribution < 1.29 is 19.4 Å². The van der Waals surface area contributed by atoms with Gasteiger partial charge in [-0.15, -0.1) is 0 Å². The van der Waals surface area contributed by atoms with Crippen LogP contribution < -0.4 is 0 Å². The van der Waals surface area contributed by atoms with Gasteiger partial charge < -0.3 is 14.6 Å². The van der Waals surface area contributed by atoms with Crippen molar-refractivity contribution in [3.63, 3.8) is 0 Å². The summed E-state index contributed by atoms with van der Waals surface area (Å²) in [5.74, 6) is -0.653. The van der Waals surface area contributed by atoms with Gasteiger partial charge in [-0.3, -0.25) is 0 Å². The molecule has 0 saturated heterocycles. The largest absolute Gasteiger partial charge is 0.467 e. The van der Waals surface area contributed by atoms with Crippen LogP contribution in [-0.4, -0.2) is 30.9 Å². The van der Waals surface area contributed by atoms with Gasteiger partial charge >= 0.3 is 5.97 Å². The highest BCUT2D eigenvalue weighted by Crippen LogP contribution is 2.19. The topological polar surface area (TPSA) is 55.8 Å². The number of aliphatic hydroxyl groups excluding tert-OH is 1. The number of esters is 1. The van der Waals surface area contributed by atoms with Gasteiger partial charge in [0.15, 0.2) is 6.10 Å². The van der Waals surface area contributed by atoms with Gasteiger partial charge in [0.25, 0.3) is 0 Å². The Hall–Kier alpha value is -1.39. The number of hydrogen-bond donors (Lipinski definition) is 1. The summed E-state index contributed by atoms with van der Waals surface area (Å²) in [4.78, 5) is 11.2. The molecule has 0 aliphatic rings. The van der Waals surface area contributed by atoms with Gasteiger partial charge in [0.2, 0.25) is 0 Å². The van der Waals surface area contributed by atoms with Crippen molar-refractivity contribution in [2.75, 3.05) is 14.2 Å². The van der Waals surface area contributed by atoms with E-state index in [2.05, 4.69) is 4.74 Å². The maximum atomic E-state index is 11.2. The van der Waals surface area contributed by atoms with Crippen molar-refractivity contribution in [1.82, 2.24) is 0 Å². The first-order chi connectivity index (χ1) is 8.39. The van der Waals surface area contributed by atoms with E-state index in [1.165, 1.54) is 7.11 Å². The quantitative estimate of drug-likeness (QED) is 0.813. The molecule has 0 aliphatic heterocycles. The van der Waals surface area contributed by atoms with E-state index in [0.717, 1.165) is 12.0 Å². The lowest BCUT2D eigenvalue weighted by atomic mass is 9.97. The van der Waals surface area contributed by atoms with Gasteiger partial charge in [0.05, 0.1) is 12.7 Å². The monoisotopic (exact) mass is 252 g/mol. The third-order valence-corrected chi connectivity index (χ3v) is 2.90. The van der Waals surface area contributed by atoms with Gasteiger partial charge in [0, 0.05) is 13.5 Å². The molecule has 1 aromatic carbocycles. The molecule has 0 bridgehead atoms. The van der Waals surface area contributed by atoms with Crippen LogP contribution in [0.1, 0.15) is 31.1 Å². The molecular formula is C14H20O4. The van der Waals surface area contributed by atoms with Gasteiger partial charge in [-0.05, 0) is 25.0 Å². The molecule has 0 heterocycles. The molecule has 0 amide bonds. The molecule has 0 spiro atoms. The number of carbonyl (C=O) groups is 1. The summed E-state index contributed by atoms with van der Waals surface area (Å²) in [7, 11) is 2.93. The zero-order valence-electron chi connectivity index (χ0n) is 11.3. The van der Waals surface area contributed by atoms with E-state index < -0.39 is 12.1 Å². The second-order valence-electron chi connectivity index (χ2n) is 4.81. The Bertz CT molecular complexity index is 395. The molecule has 0 aliphatic carbocycles. The van der Waals surface area contributed by atoms with Crippen LogP contribution in [0.2, 0.25) is 0 Å². The summed E-state index contributed by atoms with van der Waals surface area (Å²) in [5.41, 5.74) is 1.38. The molecule has 18 heavy (non-hydrogen) atoms. The summed E-state index contributed by atoms with van der Waals surface area (Å²) in [6.45, 7) is 4.01. The van der Waals surface area contributed by atoms with E-state index >= 15 is 0 Å². The van der Waals surface area contributed by atoms with Crippen molar-refractivity contribution in [1.29, 1.82) is 0 Å². The third-order valence-electron chi connectivity index (χ3n) is 2.90. The van der Waals surface area contributed by atoms with Gasteiger partial charge in [0.1, 0.15) is 0 Å². The SMILES string of the molecule is COC(=O)C(O)c1ccc(CC(C)(C)OC)cc1. The highest BCUT2D eigenvalue weighted by Gasteiger charge is 2.19. The number of benzene rings is 1. The van der Waals surface area contributed by atoms with E-state index in [0.29, 0.717) is 5.56 Å². The highest BCUT2D eigenvalue weighted by molar-refractivity contribution is 5.76. The molecule has 1 N–H and O–H groups in total. The molecule has 100 valence electrons. The Morgan fingerprint density at radius 1 is 1.28 bits per heavy atom. The van der Waals surface area contributed by atoms with Crippen molar-refractivity contribution in [2.24, 2.45) is 0 Å². The Morgan fingerprint density at radius 3 is 2.28 bits per heavy atom. The Labute approximate surface area is 108 Å². The van der Waals surface area contributed by atoms with Crippen LogP contribution in [0.5, 0.6) is 0 Å². The van der Waals surface area contributed by atoms with Crippen LogP contribution in [0, 0.1) is 0 Å². The molecule has 0 aromatic heterocycles. The first-order valence-corrected chi connectivity index (χ1v) is 5.79. The van der Waals surface area contributed by atoms with Crippen LogP contribution in [0.3, 0.4) is 0 Å². The molecule has 0 saturated carbocycles. The average Bonchev–Trinajstić information content (AvgIpc) is 2.37. The van der Waals surface area contributed by atoms with E-state index in [9.17, 15) is 9.90 Å². The molecule has 0 radical (unpaired) electrons. The number of rotatable bonds is 5. The van der Waals surface area contributed by atoms with Crippen LogP contribution in [0.15, 0.2) is 24.3 Å². The minimum absolute atomic E-state index is 0.234. The lowest BCUT2D eigenvalue weighted by Crippen LogP contribution is -2.25. The maximum absolute atomic E-state index is 11.2. The first kappa shape index (κ1) is 14.7. The van der Waals surface area contributed by atoms with Gasteiger partial charge in [-0.2, -0.15) is 0 Å². The zero-order valence-corrected chi connectivity index (χ0v) is 11.3. The second-order valence-corrected chi connectivity index (χ2v) is 4.81. The minimum atomic E-state index is -1.22. The second kappa shape index (κ2) is 5.98. The van der Waals surface area contributed by atoms with Crippen molar-refractivity contribution >= 4 is 5.97 Å². The predicted molar refractivity (Wildman–Crippen MR) is 68.2 cm³/mol. The number of ether oxygens (including phenoxy) is 2. The van der Waals surface area contributed by atoms with E-state index in [4.69, 9.17) is 4.74 Å². The van der Waals surface area contributed by atoms with Crippen molar-refractivity contribution in [3.05, 3.63) is 35.4 Å². The minimum Gasteiger partial charge on any atom is -0.467 e. The fraction of sp³-hybridized carbons (Fsp3) is 0.500. The number of carbonyl (C=O) groups excluding carboxylic acids is 1. The van der Waals surface area contributed by atoms with E-state index in [-0.39, 0.29) is 5.60 Å². The molecular weight excluding hydrogens is 232 g/mol. The van der Waals surface area contributed by atoms with Gasteiger partial charge in [-0.25, -0.2) is 4.79 Å². The lowest BCUT2D eigenvalue weighted by molar-refractivity contribution is -0.150. The third kappa shape index (κ3) is 3.82. The highest BCUT2D eigenvalue weighted by atomic mass is 16.5. The normalized spacial score (nSPS) is 13.2. The molecule has 4 nitrogen and oxygen atoms in total. The van der Waals surface area contributed by atoms with Gasteiger partial charge in [-0.1, -0.05) is 24.3 Å². The summed E-state index contributed by atoms with van der Waals surface area (Å²) in [5, 5.41) is 9.66. The molecule has 4 heteroatoms. The van der Waals surface area contributed by atoms with Crippen LogP contribution >= 0.6 is 0 Å². The van der Waals surface area contributed by atoms with Crippen LogP contribution in [0.25, 0.3) is 0 Å². The standard InChI is InChI=1S/C14H20O4/c1-14(2,18-4)9-10-5-7-11(8-6-10)12(15)13(16)17-3/h5-8,12,15H,9H2,1-4H3. The Morgan fingerprint density at radius 2 is 1.83 bits per heavy atom. The first-order valence-electron chi connectivity index (χ1n) is 5.79. The molecule has 0 fully saturated rings. The summed E-state index contributed by atoms with van der Waals surface area (Å²) < 4.78 is 9.84. The molecule has 1 unspecified atom stereocenters. The fourth-order valence-corrected chi connectivity index (χ4v) is 1.63. The Balaban J connectivity index is 2.77. The van der Waals surface area contributed by atoms with Crippen LogP contribution in [-0.2, 0) is 20.7 Å². The number of methoxy groups -OCH3 is 2. The molecule has 1 rings (SSSR count). The molecule has 1 atom stereocenters. The number of hydrogen-bond acceptors (Lipinski definition) is 4.